The fraction of sp³-hybridized carbons (Fsp3) is 0.750. The molecule has 3 atom stereocenters. The molecule has 0 radical (unpaired) electrons. The average molecular weight is 277 g/mol. The van der Waals surface area contributed by atoms with Crippen LogP contribution in [0.25, 0.3) is 0 Å². The molecular weight excluding hydrogens is 250 g/mol. The van der Waals surface area contributed by atoms with Crippen molar-refractivity contribution in [2.75, 3.05) is 11.4 Å². The largest absolute Gasteiger partial charge is 0.390 e. The smallest absolute Gasteiger partial charge is 0.131 e. The minimum Gasteiger partial charge on any atom is -0.390 e. The van der Waals surface area contributed by atoms with E-state index in [0.29, 0.717) is 17.9 Å². The molecule has 1 saturated heterocycles. The third-order valence-corrected chi connectivity index (χ3v) is 4.44. The highest BCUT2D eigenvalue weighted by atomic mass is 16.3. The summed E-state index contributed by atoms with van der Waals surface area (Å²) in [5, 5.41) is 9.66. The molecule has 20 heavy (non-hydrogen) atoms. The number of anilines is 1. The predicted molar refractivity (Wildman–Crippen MR) is 81.8 cm³/mol. The van der Waals surface area contributed by atoms with Crippen LogP contribution in [0, 0.1) is 11.8 Å². The van der Waals surface area contributed by atoms with E-state index in [9.17, 15) is 5.11 Å². The summed E-state index contributed by atoms with van der Waals surface area (Å²) in [5.41, 5.74) is 1.76. The Balaban J connectivity index is 2.35. The molecule has 1 aliphatic heterocycles. The van der Waals surface area contributed by atoms with Gasteiger partial charge < -0.3 is 10.0 Å². The monoisotopic (exact) mass is 277 g/mol. The third kappa shape index (κ3) is 2.95. The van der Waals surface area contributed by atoms with E-state index >= 15 is 0 Å². The number of hydrogen-bond donors (Lipinski definition) is 1. The van der Waals surface area contributed by atoms with Crippen molar-refractivity contribution in [3.63, 3.8) is 0 Å². The number of nitrogens with zero attached hydrogens (tertiary/aromatic N) is 3. The number of rotatable bonds is 3. The molecule has 112 valence electrons. The maximum absolute atomic E-state index is 9.66. The van der Waals surface area contributed by atoms with Crippen molar-refractivity contribution in [1.82, 2.24) is 9.97 Å². The SMILES string of the molecule is CC1CC(C)C(C)N(c2cnc(C(C)C)nc2CO)C1. The zero-order chi connectivity index (χ0) is 14.9. The maximum Gasteiger partial charge on any atom is 0.131 e. The fourth-order valence-corrected chi connectivity index (χ4v) is 3.09. The van der Waals surface area contributed by atoms with Gasteiger partial charge in [0.25, 0.3) is 0 Å². The summed E-state index contributed by atoms with van der Waals surface area (Å²) in [6.45, 7) is 12.0. The van der Waals surface area contributed by atoms with Gasteiger partial charge in [0.15, 0.2) is 0 Å². The molecule has 0 aliphatic carbocycles. The van der Waals surface area contributed by atoms with E-state index < -0.39 is 0 Å². The molecule has 3 unspecified atom stereocenters. The first-order chi connectivity index (χ1) is 9.43. The van der Waals surface area contributed by atoms with Gasteiger partial charge in [-0.25, -0.2) is 9.97 Å². The van der Waals surface area contributed by atoms with Gasteiger partial charge in [-0.2, -0.15) is 0 Å². The van der Waals surface area contributed by atoms with E-state index in [0.717, 1.165) is 23.8 Å². The fourth-order valence-electron chi connectivity index (χ4n) is 3.09. The lowest BCUT2D eigenvalue weighted by molar-refractivity contribution is 0.270. The van der Waals surface area contributed by atoms with Crippen LogP contribution < -0.4 is 4.90 Å². The summed E-state index contributed by atoms with van der Waals surface area (Å²) in [5.74, 6) is 2.40. The van der Waals surface area contributed by atoms with Gasteiger partial charge in [-0.05, 0) is 25.2 Å². The minimum atomic E-state index is -0.0243. The van der Waals surface area contributed by atoms with Gasteiger partial charge in [0.2, 0.25) is 0 Å². The molecule has 1 fully saturated rings. The quantitative estimate of drug-likeness (QED) is 0.923. The molecule has 0 amide bonds. The van der Waals surface area contributed by atoms with Crippen LogP contribution in [0.5, 0.6) is 0 Å². The molecule has 1 aromatic rings. The molecule has 1 N–H and O–H groups in total. The second kappa shape index (κ2) is 6.08. The molecule has 1 aliphatic rings. The Morgan fingerprint density at radius 3 is 2.65 bits per heavy atom. The third-order valence-electron chi connectivity index (χ3n) is 4.44. The Morgan fingerprint density at radius 2 is 2.05 bits per heavy atom. The van der Waals surface area contributed by atoms with Crippen LogP contribution in [-0.2, 0) is 6.61 Å². The van der Waals surface area contributed by atoms with Gasteiger partial charge in [-0.1, -0.05) is 27.7 Å². The van der Waals surface area contributed by atoms with Crippen LogP contribution in [0.1, 0.15) is 58.5 Å². The number of aliphatic hydroxyl groups excluding tert-OH is 1. The van der Waals surface area contributed by atoms with E-state index in [1.165, 1.54) is 6.42 Å². The van der Waals surface area contributed by atoms with Crippen LogP contribution in [-0.4, -0.2) is 27.7 Å². The van der Waals surface area contributed by atoms with Gasteiger partial charge in [-0.15, -0.1) is 0 Å². The molecule has 0 bridgehead atoms. The summed E-state index contributed by atoms with van der Waals surface area (Å²) in [6.07, 6.45) is 3.16. The predicted octanol–water partition coefficient (Wildman–Crippen LogP) is 2.96. The van der Waals surface area contributed by atoms with Gasteiger partial charge in [0, 0.05) is 18.5 Å². The van der Waals surface area contributed by atoms with Crippen LogP contribution in [0.15, 0.2) is 6.20 Å². The summed E-state index contributed by atoms with van der Waals surface area (Å²) >= 11 is 0. The molecule has 4 nitrogen and oxygen atoms in total. The topological polar surface area (TPSA) is 49.2 Å². The van der Waals surface area contributed by atoms with Crippen molar-refractivity contribution in [2.24, 2.45) is 11.8 Å². The standard InChI is InChI=1S/C16H27N3O/c1-10(2)16-17-7-15(14(9-20)18-16)19-8-11(3)6-12(4)13(19)5/h7,10-13,20H,6,8-9H2,1-5H3. The van der Waals surface area contributed by atoms with Crippen LogP contribution >= 0.6 is 0 Å². The van der Waals surface area contributed by atoms with Crippen molar-refractivity contribution in [1.29, 1.82) is 0 Å². The summed E-state index contributed by atoms with van der Waals surface area (Å²) < 4.78 is 0. The number of hydrogen-bond acceptors (Lipinski definition) is 4. The first-order valence-corrected chi connectivity index (χ1v) is 7.67. The molecular formula is C16H27N3O. The lowest BCUT2D eigenvalue weighted by Gasteiger charge is -2.43. The van der Waals surface area contributed by atoms with Gasteiger partial charge in [-0.3, -0.25) is 0 Å². The Labute approximate surface area is 122 Å². The Morgan fingerprint density at radius 1 is 1.35 bits per heavy atom. The van der Waals surface area contributed by atoms with Crippen molar-refractivity contribution >= 4 is 5.69 Å². The number of piperidine rings is 1. The highest BCUT2D eigenvalue weighted by molar-refractivity contribution is 5.50. The van der Waals surface area contributed by atoms with Crippen LogP contribution in [0.3, 0.4) is 0 Å². The van der Waals surface area contributed by atoms with E-state index in [1.807, 2.05) is 6.20 Å². The van der Waals surface area contributed by atoms with E-state index in [1.54, 1.807) is 0 Å². The van der Waals surface area contributed by atoms with E-state index in [2.05, 4.69) is 49.5 Å². The van der Waals surface area contributed by atoms with Gasteiger partial charge in [0.05, 0.1) is 24.2 Å². The van der Waals surface area contributed by atoms with Crippen molar-refractivity contribution in [2.45, 2.75) is 59.6 Å². The molecule has 0 saturated carbocycles. The van der Waals surface area contributed by atoms with Gasteiger partial charge >= 0.3 is 0 Å². The Hall–Kier alpha value is -1.16. The Bertz CT molecular complexity index is 461. The first kappa shape index (κ1) is 15.2. The lowest BCUT2D eigenvalue weighted by Crippen LogP contribution is -2.46. The van der Waals surface area contributed by atoms with Crippen LogP contribution in [0.4, 0.5) is 5.69 Å². The second-order valence-electron chi connectivity index (χ2n) is 6.58. The molecule has 4 heteroatoms. The second-order valence-corrected chi connectivity index (χ2v) is 6.58. The highest BCUT2D eigenvalue weighted by Gasteiger charge is 2.30. The zero-order valence-electron chi connectivity index (χ0n) is 13.3. The first-order valence-electron chi connectivity index (χ1n) is 7.67. The number of aliphatic hydroxyl groups is 1. The number of aromatic nitrogens is 2. The summed E-state index contributed by atoms with van der Waals surface area (Å²) in [6, 6.07) is 0.463. The highest BCUT2D eigenvalue weighted by Crippen LogP contribution is 2.32. The van der Waals surface area contributed by atoms with Crippen LogP contribution in [0.2, 0.25) is 0 Å². The minimum absolute atomic E-state index is 0.0243. The Kier molecular flexibility index (Phi) is 4.63. The van der Waals surface area contributed by atoms with Crippen molar-refractivity contribution in [3.8, 4) is 0 Å². The summed E-state index contributed by atoms with van der Waals surface area (Å²) in [7, 11) is 0. The summed E-state index contributed by atoms with van der Waals surface area (Å²) in [4.78, 5) is 11.4. The normalized spacial score (nSPS) is 27.1. The lowest BCUT2D eigenvalue weighted by atomic mass is 9.85. The van der Waals surface area contributed by atoms with E-state index in [-0.39, 0.29) is 12.5 Å². The van der Waals surface area contributed by atoms with Crippen molar-refractivity contribution in [3.05, 3.63) is 17.7 Å². The molecule has 1 aromatic heterocycles. The van der Waals surface area contributed by atoms with Gasteiger partial charge in [0.1, 0.15) is 5.82 Å². The molecule has 2 rings (SSSR count). The molecule has 0 aromatic carbocycles. The van der Waals surface area contributed by atoms with Crippen molar-refractivity contribution < 1.29 is 5.11 Å². The molecule has 0 spiro atoms. The van der Waals surface area contributed by atoms with E-state index in [4.69, 9.17) is 0 Å². The zero-order valence-corrected chi connectivity index (χ0v) is 13.3. The average Bonchev–Trinajstić information content (AvgIpc) is 2.42. The maximum atomic E-state index is 9.66. The molecule has 2 heterocycles.